The Hall–Kier alpha value is -1.32. The first-order valence-corrected chi connectivity index (χ1v) is 6.70. The lowest BCUT2D eigenvalue weighted by atomic mass is 9.97. The van der Waals surface area contributed by atoms with Crippen molar-refractivity contribution in [1.29, 1.82) is 0 Å². The molecule has 1 aliphatic rings. The molecule has 2 heterocycles. The molecule has 4 heteroatoms. The fraction of sp³-hybridized carbons (Fsp3) is 0.357. The SMILES string of the molecule is Clc1ccccc1-c1cn[nH]c1CC1CCNC1. The van der Waals surface area contributed by atoms with Crippen molar-refractivity contribution < 1.29 is 0 Å². The smallest absolute Gasteiger partial charge is 0.0569 e. The lowest BCUT2D eigenvalue weighted by Crippen LogP contribution is -2.11. The lowest BCUT2D eigenvalue weighted by Gasteiger charge is -2.09. The maximum Gasteiger partial charge on any atom is 0.0569 e. The van der Waals surface area contributed by atoms with Crippen LogP contribution < -0.4 is 5.32 Å². The van der Waals surface area contributed by atoms with E-state index in [1.54, 1.807) is 0 Å². The van der Waals surface area contributed by atoms with Crippen molar-refractivity contribution >= 4 is 11.6 Å². The van der Waals surface area contributed by atoms with Gasteiger partial charge in [0.1, 0.15) is 0 Å². The number of H-pyrrole nitrogens is 1. The van der Waals surface area contributed by atoms with Crippen LogP contribution in [0.2, 0.25) is 5.02 Å². The highest BCUT2D eigenvalue weighted by molar-refractivity contribution is 6.33. The van der Waals surface area contributed by atoms with Gasteiger partial charge in [-0.05, 0) is 37.9 Å². The molecular weight excluding hydrogens is 246 g/mol. The predicted octanol–water partition coefficient (Wildman–Crippen LogP) is 2.88. The van der Waals surface area contributed by atoms with E-state index in [4.69, 9.17) is 11.6 Å². The van der Waals surface area contributed by atoms with Crippen LogP contribution in [0.25, 0.3) is 11.1 Å². The molecule has 3 rings (SSSR count). The zero-order chi connectivity index (χ0) is 12.4. The maximum absolute atomic E-state index is 6.25. The van der Waals surface area contributed by atoms with E-state index >= 15 is 0 Å². The van der Waals surface area contributed by atoms with E-state index in [1.165, 1.54) is 12.1 Å². The minimum absolute atomic E-state index is 0.701. The predicted molar refractivity (Wildman–Crippen MR) is 73.7 cm³/mol. The Labute approximate surface area is 112 Å². The molecule has 0 bridgehead atoms. The fourth-order valence-electron chi connectivity index (χ4n) is 2.56. The van der Waals surface area contributed by atoms with E-state index in [1.807, 2.05) is 30.5 Å². The van der Waals surface area contributed by atoms with Crippen molar-refractivity contribution in [1.82, 2.24) is 15.5 Å². The minimum Gasteiger partial charge on any atom is -0.316 e. The van der Waals surface area contributed by atoms with Gasteiger partial charge in [0, 0.05) is 21.8 Å². The first-order valence-electron chi connectivity index (χ1n) is 6.32. The zero-order valence-electron chi connectivity index (χ0n) is 10.1. The second kappa shape index (κ2) is 5.12. The topological polar surface area (TPSA) is 40.7 Å². The highest BCUT2D eigenvalue weighted by Gasteiger charge is 2.18. The van der Waals surface area contributed by atoms with Crippen LogP contribution in [0, 0.1) is 5.92 Å². The van der Waals surface area contributed by atoms with Crippen LogP contribution in [0.5, 0.6) is 0 Å². The second-order valence-electron chi connectivity index (χ2n) is 4.81. The average Bonchev–Trinajstić information content (AvgIpc) is 3.02. The van der Waals surface area contributed by atoms with E-state index < -0.39 is 0 Å². The number of rotatable bonds is 3. The van der Waals surface area contributed by atoms with Gasteiger partial charge >= 0.3 is 0 Å². The maximum atomic E-state index is 6.25. The Morgan fingerprint density at radius 2 is 2.17 bits per heavy atom. The molecule has 1 atom stereocenters. The highest BCUT2D eigenvalue weighted by atomic mass is 35.5. The Morgan fingerprint density at radius 1 is 1.28 bits per heavy atom. The summed E-state index contributed by atoms with van der Waals surface area (Å²) in [6, 6.07) is 7.93. The number of nitrogens with one attached hydrogen (secondary N) is 2. The Balaban J connectivity index is 1.89. The molecule has 0 saturated carbocycles. The number of halogens is 1. The van der Waals surface area contributed by atoms with Crippen LogP contribution in [-0.4, -0.2) is 23.3 Å². The van der Waals surface area contributed by atoms with Crippen LogP contribution in [-0.2, 0) is 6.42 Å². The molecule has 2 N–H and O–H groups in total. The number of hydrogen-bond donors (Lipinski definition) is 2. The molecule has 94 valence electrons. The van der Waals surface area contributed by atoms with Gasteiger partial charge < -0.3 is 5.32 Å². The molecule has 0 spiro atoms. The van der Waals surface area contributed by atoms with Crippen LogP contribution in [0.4, 0.5) is 0 Å². The summed E-state index contributed by atoms with van der Waals surface area (Å²) in [4.78, 5) is 0. The quantitative estimate of drug-likeness (QED) is 0.892. The standard InChI is InChI=1S/C14H16ClN3/c15-13-4-2-1-3-11(13)12-9-17-18-14(12)7-10-5-6-16-8-10/h1-4,9-10,16H,5-8H2,(H,17,18). The van der Waals surface area contributed by atoms with E-state index in [-0.39, 0.29) is 0 Å². The molecule has 1 unspecified atom stereocenters. The zero-order valence-corrected chi connectivity index (χ0v) is 10.9. The Bertz CT molecular complexity index is 529. The molecule has 1 saturated heterocycles. The first-order chi connectivity index (χ1) is 8.84. The number of aromatic amines is 1. The van der Waals surface area contributed by atoms with E-state index in [9.17, 15) is 0 Å². The van der Waals surface area contributed by atoms with Crippen molar-refractivity contribution in [3.8, 4) is 11.1 Å². The third kappa shape index (κ3) is 2.28. The van der Waals surface area contributed by atoms with Crippen LogP contribution >= 0.6 is 11.6 Å². The van der Waals surface area contributed by atoms with Gasteiger partial charge in [0.15, 0.2) is 0 Å². The summed E-state index contributed by atoms with van der Waals surface area (Å²) in [5.41, 5.74) is 3.39. The molecular formula is C14H16ClN3. The normalized spacial score (nSPS) is 19.3. The summed E-state index contributed by atoms with van der Waals surface area (Å²) in [5.74, 6) is 0.701. The van der Waals surface area contributed by atoms with Gasteiger partial charge in [-0.1, -0.05) is 29.8 Å². The third-order valence-corrected chi connectivity index (χ3v) is 3.87. The molecule has 0 radical (unpaired) electrons. The Kier molecular flexibility index (Phi) is 3.35. The molecule has 2 aromatic rings. The molecule has 1 fully saturated rings. The summed E-state index contributed by atoms with van der Waals surface area (Å²) in [6.45, 7) is 2.22. The summed E-state index contributed by atoms with van der Waals surface area (Å²) in [7, 11) is 0. The molecule has 3 nitrogen and oxygen atoms in total. The number of hydrogen-bond acceptors (Lipinski definition) is 2. The number of aromatic nitrogens is 2. The van der Waals surface area contributed by atoms with Crippen LogP contribution in [0.1, 0.15) is 12.1 Å². The van der Waals surface area contributed by atoms with Crippen molar-refractivity contribution in [2.24, 2.45) is 5.92 Å². The minimum atomic E-state index is 0.701. The summed E-state index contributed by atoms with van der Waals surface area (Å²) < 4.78 is 0. The van der Waals surface area contributed by atoms with E-state index in [0.717, 1.165) is 35.7 Å². The fourth-order valence-corrected chi connectivity index (χ4v) is 2.80. The summed E-state index contributed by atoms with van der Waals surface area (Å²) >= 11 is 6.25. The van der Waals surface area contributed by atoms with Crippen molar-refractivity contribution in [2.45, 2.75) is 12.8 Å². The van der Waals surface area contributed by atoms with E-state index in [0.29, 0.717) is 5.92 Å². The first kappa shape index (κ1) is 11.8. The molecule has 1 aliphatic heterocycles. The van der Waals surface area contributed by atoms with Gasteiger partial charge in [0.05, 0.1) is 6.20 Å². The van der Waals surface area contributed by atoms with Gasteiger partial charge in [-0.15, -0.1) is 0 Å². The second-order valence-corrected chi connectivity index (χ2v) is 5.21. The molecule has 1 aromatic heterocycles. The third-order valence-electron chi connectivity index (χ3n) is 3.54. The van der Waals surface area contributed by atoms with Crippen LogP contribution in [0.15, 0.2) is 30.5 Å². The molecule has 0 amide bonds. The van der Waals surface area contributed by atoms with Crippen LogP contribution in [0.3, 0.4) is 0 Å². The highest BCUT2D eigenvalue weighted by Crippen LogP contribution is 2.30. The molecule has 0 aliphatic carbocycles. The molecule has 1 aromatic carbocycles. The van der Waals surface area contributed by atoms with Gasteiger partial charge in [-0.2, -0.15) is 5.10 Å². The summed E-state index contributed by atoms with van der Waals surface area (Å²) in [6.07, 6.45) is 4.15. The average molecular weight is 262 g/mol. The monoisotopic (exact) mass is 261 g/mol. The van der Waals surface area contributed by atoms with Crippen molar-refractivity contribution in [3.05, 3.63) is 41.2 Å². The van der Waals surface area contributed by atoms with E-state index in [2.05, 4.69) is 15.5 Å². The molecule has 18 heavy (non-hydrogen) atoms. The lowest BCUT2D eigenvalue weighted by molar-refractivity contribution is 0.571. The largest absolute Gasteiger partial charge is 0.316 e. The van der Waals surface area contributed by atoms with Gasteiger partial charge in [-0.3, -0.25) is 5.10 Å². The van der Waals surface area contributed by atoms with Gasteiger partial charge in [0.2, 0.25) is 0 Å². The van der Waals surface area contributed by atoms with Crippen molar-refractivity contribution in [2.75, 3.05) is 13.1 Å². The Morgan fingerprint density at radius 3 is 2.94 bits per heavy atom. The summed E-state index contributed by atoms with van der Waals surface area (Å²) in [5, 5.41) is 11.5. The van der Waals surface area contributed by atoms with Gasteiger partial charge in [0.25, 0.3) is 0 Å². The number of benzene rings is 1. The van der Waals surface area contributed by atoms with Gasteiger partial charge in [-0.25, -0.2) is 0 Å². The number of nitrogens with zero attached hydrogens (tertiary/aromatic N) is 1. The van der Waals surface area contributed by atoms with Crippen molar-refractivity contribution in [3.63, 3.8) is 0 Å².